The molecular weight excluding hydrogens is 470 g/mol. The zero-order valence-corrected chi connectivity index (χ0v) is 21.8. The third kappa shape index (κ3) is 5.49. The highest BCUT2D eigenvalue weighted by Crippen LogP contribution is 2.32. The summed E-state index contributed by atoms with van der Waals surface area (Å²) in [5.41, 5.74) is 2.47. The van der Waals surface area contributed by atoms with Crippen molar-refractivity contribution in [2.75, 3.05) is 38.6 Å². The van der Waals surface area contributed by atoms with E-state index in [4.69, 9.17) is 9.72 Å². The summed E-state index contributed by atoms with van der Waals surface area (Å²) in [5.74, 6) is 0.776. The van der Waals surface area contributed by atoms with Crippen molar-refractivity contribution in [2.24, 2.45) is 7.05 Å². The van der Waals surface area contributed by atoms with Gasteiger partial charge in [0, 0.05) is 25.2 Å². The minimum absolute atomic E-state index is 0.0580. The van der Waals surface area contributed by atoms with Crippen molar-refractivity contribution in [1.29, 1.82) is 0 Å². The minimum atomic E-state index is -0.117. The number of ether oxygens (including phenoxy) is 1. The molecule has 0 unspecified atom stereocenters. The number of anilines is 2. The Kier molecular flexibility index (Phi) is 7.73. The molecule has 2 fully saturated rings. The van der Waals surface area contributed by atoms with Crippen molar-refractivity contribution in [3.8, 4) is 5.75 Å². The number of unbranched alkanes of at least 4 members (excludes halogenated alkanes) is 1. The number of benzene rings is 1. The molecule has 5 rings (SSSR count). The number of hydrogen-bond acceptors (Lipinski definition) is 7. The molecule has 0 bridgehead atoms. The van der Waals surface area contributed by atoms with Crippen LogP contribution in [0.25, 0.3) is 11.2 Å². The Morgan fingerprint density at radius 3 is 2.68 bits per heavy atom. The number of rotatable bonds is 10. The van der Waals surface area contributed by atoms with Crippen molar-refractivity contribution in [1.82, 2.24) is 29.3 Å². The fourth-order valence-corrected chi connectivity index (χ4v) is 5.51. The number of amides is 1. The first-order chi connectivity index (χ1) is 18.0. The van der Waals surface area contributed by atoms with Crippen LogP contribution < -0.4 is 21.1 Å². The first-order valence-corrected chi connectivity index (χ1v) is 13.4. The lowest BCUT2D eigenvalue weighted by molar-refractivity contribution is 0.0952. The molecule has 10 heteroatoms. The van der Waals surface area contributed by atoms with Gasteiger partial charge < -0.3 is 20.3 Å². The molecule has 2 aromatic heterocycles. The number of fused-ring (bicyclic) bond motifs is 1. The van der Waals surface area contributed by atoms with Gasteiger partial charge in [0.25, 0.3) is 5.91 Å². The van der Waals surface area contributed by atoms with Crippen molar-refractivity contribution in [3.63, 3.8) is 0 Å². The molecule has 1 aliphatic heterocycles. The summed E-state index contributed by atoms with van der Waals surface area (Å²) < 4.78 is 8.98. The lowest BCUT2D eigenvalue weighted by Gasteiger charge is -2.14. The van der Waals surface area contributed by atoms with Crippen LogP contribution in [0.4, 0.5) is 11.6 Å². The van der Waals surface area contributed by atoms with Crippen LogP contribution in [0.1, 0.15) is 67.8 Å². The van der Waals surface area contributed by atoms with Gasteiger partial charge in [0.15, 0.2) is 5.65 Å². The van der Waals surface area contributed by atoms with E-state index in [1.165, 1.54) is 25.9 Å². The summed E-state index contributed by atoms with van der Waals surface area (Å²) in [6, 6.07) is 5.45. The maximum atomic E-state index is 12.9. The molecular formula is C27H37N7O3. The fourth-order valence-electron chi connectivity index (χ4n) is 5.51. The summed E-state index contributed by atoms with van der Waals surface area (Å²) >= 11 is 0. The monoisotopic (exact) mass is 507 g/mol. The molecule has 1 saturated heterocycles. The minimum Gasteiger partial charge on any atom is -0.495 e. The van der Waals surface area contributed by atoms with Gasteiger partial charge in [-0.25, -0.2) is 9.78 Å². The molecule has 2 N–H and O–H groups in total. The Morgan fingerprint density at radius 2 is 1.92 bits per heavy atom. The number of methoxy groups -OCH3 is 1. The predicted octanol–water partition coefficient (Wildman–Crippen LogP) is 3.60. The molecule has 10 nitrogen and oxygen atoms in total. The van der Waals surface area contributed by atoms with E-state index in [0.717, 1.165) is 45.1 Å². The number of aryl methyl sites for hydroxylation is 1. The number of likely N-dealkylation sites (tertiary alicyclic amines) is 1. The van der Waals surface area contributed by atoms with Gasteiger partial charge in [-0.15, -0.1) is 0 Å². The van der Waals surface area contributed by atoms with Crippen LogP contribution in [0.15, 0.2) is 29.2 Å². The lowest BCUT2D eigenvalue weighted by Crippen LogP contribution is -2.26. The summed E-state index contributed by atoms with van der Waals surface area (Å²) in [7, 11) is 3.33. The van der Waals surface area contributed by atoms with Gasteiger partial charge in [-0.3, -0.25) is 13.9 Å². The molecule has 0 atom stereocenters. The zero-order valence-electron chi connectivity index (χ0n) is 21.8. The second-order valence-corrected chi connectivity index (χ2v) is 10.1. The number of aromatic nitrogens is 4. The number of imidazole rings is 1. The Labute approximate surface area is 217 Å². The molecule has 37 heavy (non-hydrogen) atoms. The average Bonchev–Trinajstić information content (AvgIpc) is 3.67. The third-order valence-electron chi connectivity index (χ3n) is 7.62. The van der Waals surface area contributed by atoms with E-state index in [9.17, 15) is 9.59 Å². The van der Waals surface area contributed by atoms with Gasteiger partial charge in [-0.1, -0.05) is 12.8 Å². The Bertz CT molecular complexity index is 1300. The van der Waals surface area contributed by atoms with Gasteiger partial charge >= 0.3 is 5.69 Å². The number of hydrogen-bond donors (Lipinski definition) is 2. The van der Waals surface area contributed by atoms with Crippen LogP contribution in [-0.4, -0.2) is 63.2 Å². The van der Waals surface area contributed by atoms with Crippen LogP contribution in [0, 0.1) is 0 Å². The molecule has 198 valence electrons. The summed E-state index contributed by atoms with van der Waals surface area (Å²) in [6.07, 6.45) is 10.6. The largest absolute Gasteiger partial charge is 0.495 e. The normalized spacial score (nSPS) is 16.5. The maximum absolute atomic E-state index is 12.9. The first kappa shape index (κ1) is 25.3. The smallest absolute Gasteiger partial charge is 0.330 e. The summed E-state index contributed by atoms with van der Waals surface area (Å²) in [4.78, 5) is 37.2. The highest BCUT2D eigenvalue weighted by Gasteiger charge is 2.24. The van der Waals surface area contributed by atoms with Crippen molar-refractivity contribution >= 4 is 28.7 Å². The highest BCUT2D eigenvalue weighted by atomic mass is 16.5. The average molecular weight is 508 g/mol. The van der Waals surface area contributed by atoms with Gasteiger partial charge in [0.2, 0.25) is 5.95 Å². The van der Waals surface area contributed by atoms with Crippen molar-refractivity contribution in [2.45, 2.75) is 57.4 Å². The fraction of sp³-hybridized carbons (Fsp3) is 0.556. The van der Waals surface area contributed by atoms with Crippen molar-refractivity contribution < 1.29 is 9.53 Å². The lowest BCUT2D eigenvalue weighted by atomic mass is 10.1. The Hall–Kier alpha value is -3.40. The van der Waals surface area contributed by atoms with Crippen LogP contribution in [0.5, 0.6) is 5.75 Å². The second kappa shape index (κ2) is 11.3. The number of nitrogens with one attached hydrogen (secondary N) is 2. The van der Waals surface area contributed by atoms with Crippen LogP contribution in [0.2, 0.25) is 0 Å². The number of nitrogens with zero attached hydrogens (tertiary/aromatic N) is 5. The summed E-state index contributed by atoms with van der Waals surface area (Å²) in [6.45, 7) is 4.17. The molecule has 0 spiro atoms. The molecule has 2 aliphatic rings. The van der Waals surface area contributed by atoms with E-state index in [1.807, 2.05) is 4.57 Å². The van der Waals surface area contributed by atoms with E-state index in [-0.39, 0.29) is 17.6 Å². The third-order valence-corrected chi connectivity index (χ3v) is 7.62. The maximum Gasteiger partial charge on any atom is 0.330 e. The van der Waals surface area contributed by atoms with Gasteiger partial charge in [0.1, 0.15) is 11.3 Å². The Balaban J connectivity index is 1.25. The molecule has 1 aromatic carbocycles. The molecule has 3 heterocycles. The zero-order chi connectivity index (χ0) is 25.8. The molecule has 3 aromatic rings. The van der Waals surface area contributed by atoms with Crippen LogP contribution in [0.3, 0.4) is 0 Å². The Morgan fingerprint density at radius 1 is 1.14 bits per heavy atom. The van der Waals surface area contributed by atoms with E-state index < -0.39 is 0 Å². The predicted molar refractivity (Wildman–Crippen MR) is 144 cm³/mol. The topological polar surface area (TPSA) is 106 Å². The van der Waals surface area contributed by atoms with Crippen LogP contribution >= 0.6 is 0 Å². The summed E-state index contributed by atoms with van der Waals surface area (Å²) in [5, 5.41) is 6.22. The second-order valence-electron chi connectivity index (χ2n) is 10.1. The van der Waals surface area contributed by atoms with E-state index in [1.54, 1.807) is 43.1 Å². The SMILES string of the molecule is COc1cc(C(=O)NCCCCN2CCCC2)ccc1Nc1ncc2c(n1)n(C1CCCC1)c(=O)n2C. The van der Waals surface area contributed by atoms with E-state index >= 15 is 0 Å². The van der Waals surface area contributed by atoms with Crippen LogP contribution in [-0.2, 0) is 7.05 Å². The number of carbonyl (C=O) groups is 1. The van der Waals surface area contributed by atoms with Crippen molar-refractivity contribution in [3.05, 3.63) is 40.4 Å². The van der Waals surface area contributed by atoms with Gasteiger partial charge in [-0.05, 0) is 76.4 Å². The van der Waals surface area contributed by atoms with E-state index in [0.29, 0.717) is 40.7 Å². The highest BCUT2D eigenvalue weighted by molar-refractivity contribution is 5.95. The molecule has 0 radical (unpaired) electrons. The quantitative estimate of drug-likeness (QED) is 0.404. The van der Waals surface area contributed by atoms with E-state index in [2.05, 4.69) is 20.5 Å². The van der Waals surface area contributed by atoms with Gasteiger partial charge in [-0.2, -0.15) is 4.98 Å². The molecule has 1 saturated carbocycles. The molecule has 1 amide bonds. The first-order valence-electron chi connectivity index (χ1n) is 13.4. The van der Waals surface area contributed by atoms with Gasteiger partial charge in [0.05, 0.1) is 19.0 Å². The molecule has 1 aliphatic carbocycles. The standard InChI is InChI=1S/C27H37N7O3/c1-32-22-18-29-26(31-24(22)34(27(32)36)20-9-3-4-10-20)30-21-12-11-19(17-23(21)37-2)25(35)28-13-5-6-14-33-15-7-8-16-33/h11-12,17-18,20H,3-10,13-16H2,1-2H3,(H,28,35)(H,29,30,31). The number of carbonyl (C=O) groups excluding carboxylic acids is 1.